The van der Waals surface area contributed by atoms with Crippen molar-refractivity contribution < 1.29 is 9.59 Å². The summed E-state index contributed by atoms with van der Waals surface area (Å²) in [5.41, 5.74) is 0.966. The molecule has 1 aliphatic rings. The molecule has 3 rings (SSSR count). The number of amides is 1. The van der Waals surface area contributed by atoms with Gasteiger partial charge in [0.15, 0.2) is 0 Å². The number of aromatic nitrogens is 1. The van der Waals surface area contributed by atoms with E-state index < -0.39 is 11.7 Å². The van der Waals surface area contributed by atoms with Crippen LogP contribution in [0.15, 0.2) is 29.8 Å². The van der Waals surface area contributed by atoms with E-state index >= 15 is 0 Å². The second-order valence-corrected chi connectivity index (χ2v) is 5.22. The number of anilines is 1. The Balaban J connectivity index is 2.03. The minimum absolute atomic E-state index is 0.301. The molecule has 1 aliphatic heterocycles. The standard InChI is InChI=1S/C12H7ClN2O2S/c13-7-1-2-8-9(5-7)15(12(17)11(8)16)6-10-14-3-4-18-10/h1-5H,6H2. The minimum Gasteiger partial charge on any atom is -0.298 e. The molecule has 0 saturated heterocycles. The Labute approximate surface area is 112 Å². The summed E-state index contributed by atoms with van der Waals surface area (Å²) in [6, 6.07) is 4.82. The number of halogens is 1. The third-order valence-electron chi connectivity index (χ3n) is 2.71. The largest absolute Gasteiger partial charge is 0.299 e. The van der Waals surface area contributed by atoms with E-state index in [1.165, 1.54) is 16.2 Å². The zero-order chi connectivity index (χ0) is 12.7. The number of benzene rings is 1. The van der Waals surface area contributed by atoms with Crippen molar-refractivity contribution in [3.8, 4) is 0 Å². The maximum Gasteiger partial charge on any atom is 0.299 e. The molecule has 1 amide bonds. The van der Waals surface area contributed by atoms with Gasteiger partial charge in [0, 0.05) is 16.6 Å². The number of fused-ring (bicyclic) bond motifs is 1. The lowest BCUT2D eigenvalue weighted by atomic mass is 10.1. The summed E-state index contributed by atoms with van der Waals surface area (Å²) in [5, 5.41) is 3.11. The van der Waals surface area contributed by atoms with Crippen LogP contribution in [0.3, 0.4) is 0 Å². The third kappa shape index (κ3) is 1.72. The van der Waals surface area contributed by atoms with Crippen molar-refractivity contribution >= 4 is 40.3 Å². The number of carbonyl (C=O) groups is 2. The second-order valence-electron chi connectivity index (χ2n) is 3.81. The van der Waals surface area contributed by atoms with Gasteiger partial charge >= 0.3 is 0 Å². The van der Waals surface area contributed by atoms with Crippen molar-refractivity contribution in [2.24, 2.45) is 0 Å². The van der Waals surface area contributed by atoms with Crippen molar-refractivity contribution in [1.82, 2.24) is 4.98 Å². The fourth-order valence-corrected chi connectivity index (χ4v) is 2.66. The van der Waals surface area contributed by atoms with Crippen LogP contribution in [0.1, 0.15) is 15.4 Å². The van der Waals surface area contributed by atoms with Crippen LogP contribution in [0.4, 0.5) is 5.69 Å². The molecule has 0 bridgehead atoms. The molecule has 0 fully saturated rings. The van der Waals surface area contributed by atoms with Gasteiger partial charge in [-0.2, -0.15) is 0 Å². The van der Waals surface area contributed by atoms with Crippen molar-refractivity contribution in [2.75, 3.05) is 4.90 Å². The summed E-state index contributed by atoms with van der Waals surface area (Å²) < 4.78 is 0. The molecular formula is C12H7ClN2O2S. The lowest BCUT2D eigenvalue weighted by Gasteiger charge is -2.14. The van der Waals surface area contributed by atoms with E-state index in [1.807, 2.05) is 5.38 Å². The summed E-state index contributed by atoms with van der Waals surface area (Å²) in [5.74, 6) is -1.01. The maximum absolute atomic E-state index is 11.9. The first kappa shape index (κ1) is 11.4. The molecule has 6 heteroatoms. The summed E-state index contributed by atoms with van der Waals surface area (Å²) >= 11 is 7.35. The average molecular weight is 279 g/mol. The summed E-state index contributed by atoms with van der Waals surface area (Å²) in [6.45, 7) is 0.301. The number of Topliss-reactive ketones (excluding diaryl/α,β-unsaturated/α-hetero) is 1. The molecule has 2 aromatic rings. The fraction of sp³-hybridized carbons (Fsp3) is 0.0833. The number of hydrogen-bond acceptors (Lipinski definition) is 4. The average Bonchev–Trinajstić information content (AvgIpc) is 2.93. The lowest BCUT2D eigenvalue weighted by molar-refractivity contribution is -0.114. The van der Waals surface area contributed by atoms with Gasteiger partial charge in [-0.3, -0.25) is 14.5 Å². The maximum atomic E-state index is 11.9. The van der Waals surface area contributed by atoms with Crippen molar-refractivity contribution in [2.45, 2.75) is 6.54 Å². The van der Waals surface area contributed by atoms with Gasteiger partial charge in [0.25, 0.3) is 11.7 Å². The molecule has 4 nitrogen and oxygen atoms in total. The van der Waals surface area contributed by atoms with Crippen LogP contribution in [-0.2, 0) is 11.3 Å². The molecule has 90 valence electrons. The number of hydrogen-bond donors (Lipinski definition) is 0. The number of rotatable bonds is 2. The van der Waals surface area contributed by atoms with Crippen LogP contribution in [0.25, 0.3) is 0 Å². The van der Waals surface area contributed by atoms with Crippen molar-refractivity contribution in [3.05, 3.63) is 45.4 Å². The number of carbonyl (C=O) groups excluding carboxylic acids is 2. The fourth-order valence-electron chi connectivity index (χ4n) is 1.89. The normalized spacial score (nSPS) is 14.2. The highest BCUT2D eigenvalue weighted by Gasteiger charge is 2.36. The van der Waals surface area contributed by atoms with Gasteiger partial charge in [-0.1, -0.05) is 11.6 Å². The molecule has 2 heterocycles. The zero-order valence-electron chi connectivity index (χ0n) is 9.09. The molecule has 0 aliphatic carbocycles. The van der Waals surface area contributed by atoms with E-state index in [4.69, 9.17) is 11.6 Å². The number of nitrogens with zero attached hydrogens (tertiary/aromatic N) is 2. The molecule has 0 N–H and O–H groups in total. The predicted octanol–water partition coefficient (Wildman–Crippen LogP) is 2.53. The van der Waals surface area contributed by atoms with E-state index in [2.05, 4.69) is 4.98 Å². The van der Waals surface area contributed by atoms with Crippen LogP contribution in [-0.4, -0.2) is 16.7 Å². The van der Waals surface area contributed by atoms with Gasteiger partial charge in [-0.15, -0.1) is 11.3 Å². The monoisotopic (exact) mass is 278 g/mol. The third-order valence-corrected chi connectivity index (χ3v) is 3.71. The Bertz CT molecular complexity index is 640. The Morgan fingerprint density at radius 2 is 2.17 bits per heavy atom. The number of ketones is 1. The quantitative estimate of drug-likeness (QED) is 0.793. The smallest absolute Gasteiger partial charge is 0.298 e. The van der Waals surface area contributed by atoms with Crippen LogP contribution in [0, 0.1) is 0 Å². The van der Waals surface area contributed by atoms with Crippen LogP contribution in [0.2, 0.25) is 5.02 Å². The van der Waals surface area contributed by atoms with Crippen molar-refractivity contribution in [3.63, 3.8) is 0 Å². The second kappa shape index (κ2) is 4.19. The van der Waals surface area contributed by atoms with Gasteiger partial charge in [-0.05, 0) is 18.2 Å². The molecule has 0 atom stereocenters. The van der Waals surface area contributed by atoms with E-state index in [9.17, 15) is 9.59 Å². The topological polar surface area (TPSA) is 50.3 Å². The number of thiazole rings is 1. The van der Waals surface area contributed by atoms with Crippen molar-refractivity contribution in [1.29, 1.82) is 0 Å². The highest BCUT2D eigenvalue weighted by Crippen LogP contribution is 2.32. The zero-order valence-corrected chi connectivity index (χ0v) is 10.7. The van der Waals surface area contributed by atoms with E-state index in [-0.39, 0.29) is 0 Å². The molecule has 0 spiro atoms. The molecule has 1 aromatic carbocycles. The lowest BCUT2D eigenvalue weighted by Crippen LogP contribution is -2.29. The minimum atomic E-state index is -0.525. The summed E-state index contributed by atoms with van der Waals surface area (Å²) in [6.07, 6.45) is 1.67. The predicted molar refractivity (Wildman–Crippen MR) is 69.1 cm³/mol. The van der Waals surface area contributed by atoms with Crippen LogP contribution >= 0.6 is 22.9 Å². The molecular weight excluding hydrogens is 272 g/mol. The van der Waals surface area contributed by atoms with E-state index in [1.54, 1.807) is 24.4 Å². The van der Waals surface area contributed by atoms with Gasteiger partial charge in [0.05, 0.1) is 17.8 Å². The molecule has 0 radical (unpaired) electrons. The SMILES string of the molecule is O=C1C(=O)N(Cc2nccs2)c2cc(Cl)ccc21. The Morgan fingerprint density at radius 3 is 2.89 bits per heavy atom. The first-order valence-electron chi connectivity index (χ1n) is 5.21. The molecule has 18 heavy (non-hydrogen) atoms. The van der Waals surface area contributed by atoms with Gasteiger partial charge < -0.3 is 0 Å². The Morgan fingerprint density at radius 1 is 1.33 bits per heavy atom. The van der Waals surface area contributed by atoms with E-state index in [0.29, 0.717) is 22.8 Å². The Kier molecular flexibility index (Phi) is 2.65. The molecule has 0 unspecified atom stereocenters. The Hall–Kier alpha value is -1.72. The van der Waals surface area contributed by atoms with Crippen LogP contribution in [0.5, 0.6) is 0 Å². The highest BCUT2D eigenvalue weighted by atomic mass is 35.5. The van der Waals surface area contributed by atoms with Gasteiger partial charge in [-0.25, -0.2) is 4.98 Å². The van der Waals surface area contributed by atoms with Gasteiger partial charge in [0.1, 0.15) is 5.01 Å². The first-order valence-corrected chi connectivity index (χ1v) is 6.46. The molecule has 0 saturated carbocycles. The van der Waals surface area contributed by atoms with E-state index in [0.717, 1.165) is 5.01 Å². The summed E-state index contributed by atoms with van der Waals surface area (Å²) in [7, 11) is 0. The first-order chi connectivity index (χ1) is 8.66. The highest BCUT2D eigenvalue weighted by molar-refractivity contribution is 7.09. The molecule has 1 aromatic heterocycles. The summed E-state index contributed by atoms with van der Waals surface area (Å²) in [4.78, 5) is 29.2. The van der Waals surface area contributed by atoms with Gasteiger partial charge in [0.2, 0.25) is 0 Å². The van der Waals surface area contributed by atoms with Crippen LogP contribution < -0.4 is 4.90 Å².